The van der Waals surface area contributed by atoms with Crippen LogP contribution in [0.15, 0.2) is 51.5 Å². The smallest absolute Gasteiger partial charge is 0.179 e. The van der Waals surface area contributed by atoms with Gasteiger partial charge in [0.05, 0.1) is 11.1 Å². The molecule has 0 atom stereocenters. The van der Waals surface area contributed by atoms with E-state index in [-0.39, 0.29) is 17.1 Å². The zero-order valence-electron chi connectivity index (χ0n) is 10.6. The van der Waals surface area contributed by atoms with Gasteiger partial charge in [-0.3, -0.25) is 0 Å². The molecule has 0 aliphatic carbocycles. The Morgan fingerprint density at radius 1 is 1.14 bits per heavy atom. The number of hydrogen-bond acceptors (Lipinski definition) is 3. The lowest BCUT2D eigenvalue weighted by molar-refractivity contribution is 0.433. The molecule has 21 heavy (non-hydrogen) atoms. The zero-order chi connectivity index (χ0) is 15.0. The number of halogens is 3. The van der Waals surface area contributed by atoms with E-state index >= 15 is 0 Å². The number of nitrogen functional groups attached to an aromatic ring is 1. The molecule has 3 aromatic rings. The number of hydrogen-bond donors (Lipinski definition) is 1. The molecule has 2 aromatic carbocycles. The fourth-order valence-corrected chi connectivity index (χ4v) is 2.49. The summed E-state index contributed by atoms with van der Waals surface area (Å²) >= 11 is 9.29. The van der Waals surface area contributed by atoms with E-state index in [1.54, 1.807) is 0 Å². The SMILES string of the molecule is Nc1noc(-c2cc(Cl)ccc2F)c1-c1ccc(Br)cc1. The van der Waals surface area contributed by atoms with Gasteiger partial charge < -0.3 is 10.3 Å². The minimum atomic E-state index is -0.450. The van der Waals surface area contributed by atoms with Crippen LogP contribution in [-0.2, 0) is 0 Å². The van der Waals surface area contributed by atoms with Gasteiger partial charge in [0.1, 0.15) is 5.82 Å². The summed E-state index contributed by atoms with van der Waals surface area (Å²) in [5, 5.41) is 4.15. The zero-order valence-corrected chi connectivity index (χ0v) is 13.0. The molecular weight excluding hydrogens is 359 g/mol. The summed E-state index contributed by atoms with van der Waals surface area (Å²) in [5.41, 5.74) is 7.42. The second-order valence-corrected chi connectivity index (χ2v) is 5.76. The van der Waals surface area contributed by atoms with E-state index in [0.29, 0.717) is 10.6 Å². The maximum atomic E-state index is 14.0. The standard InChI is InChI=1S/C15H9BrClFN2O/c16-9-3-1-8(2-4-9)13-14(21-20-15(13)19)11-7-10(17)5-6-12(11)18/h1-7H,(H2,19,20). The van der Waals surface area contributed by atoms with Crippen LogP contribution in [0.25, 0.3) is 22.5 Å². The number of aromatic nitrogens is 1. The summed E-state index contributed by atoms with van der Waals surface area (Å²) in [4.78, 5) is 0. The van der Waals surface area contributed by atoms with Gasteiger partial charge in [-0.1, -0.05) is 44.8 Å². The molecule has 0 unspecified atom stereocenters. The van der Waals surface area contributed by atoms with Crippen LogP contribution < -0.4 is 5.73 Å². The summed E-state index contributed by atoms with van der Waals surface area (Å²) in [7, 11) is 0. The molecule has 0 saturated heterocycles. The molecule has 0 amide bonds. The molecule has 106 valence electrons. The average molecular weight is 368 g/mol. The number of nitrogens with zero attached hydrogens (tertiary/aromatic N) is 1. The monoisotopic (exact) mass is 366 g/mol. The van der Waals surface area contributed by atoms with Crippen molar-refractivity contribution in [2.45, 2.75) is 0 Å². The molecular formula is C15H9BrClFN2O. The van der Waals surface area contributed by atoms with E-state index in [0.717, 1.165) is 10.0 Å². The number of anilines is 1. The second-order valence-electron chi connectivity index (χ2n) is 4.40. The minimum Gasteiger partial charge on any atom is -0.380 e. The highest BCUT2D eigenvalue weighted by molar-refractivity contribution is 9.10. The molecule has 0 saturated carbocycles. The Bertz CT molecular complexity index is 802. The Morgan fingerprint density at radius 2 is 1.86 bits per heavy atom. The maximum absolute atomic E-state index is 14.0. The van der Waals surface area contributed by atoms with Crippen LogP contribution in [0.5, 0.6) is 0 Å². The predicted molar refractivity (Wildman–Crippen MR) is 84.5 cm³/mol. The third kappa shape index (κ3) is 2.66. The summed E-state index contributed by atoms with van der Waals surface area (Å²) in [5.74, 6) is 0.00966. The first-order valence-electron chi connectivity index (χ1n) is 6.03. The van der Waals surface area contributed by atoms with E-state index in [9.17, 15) is 4.39 Å². The van der Waals surface area contributed by atoms with Gasteiger partial charge in [0.2, 0.25) is 0 Å². The van der Waals surface area contributed by atoms with Gasteiger partial charge in [0.15, 0.2) is 11.6 Å². The molecule has 1 aromatic heterocycles. The van der Waals surface area contributed by atoms with Gasteiger partial charge in [-0.05, 0) is 35.9 Å². The number of rotatable bonds is 2. The van der Waals surface area contributed by atoms with E-state index < -0.39 is 5.82 Å². The molecule has 3 rings (SSSR count). The Kier molecular flexibility index (Phi) is 3.69. The van der Waals surface area contributed by atoms with Gasteiger partial charge in [-0.2, -0.15) is 0 Å². The van der Waals surface area contributed by atoms with Crippen molar-refractivity contribution in [3.05, 3.63) is 57.8 Å². The van der Waals surface area contributed by atoms with Crippen LogP contribution in [0.1, 0.15) is 0 Å². The van der Waals surface area contributed by atoms with Gasteiger partial charge in [0.25, 0.3) is 0 Å². The molecule has 0 spiro atoms. The van der Waals surface area contributed by atoms with Crippen molar-refractivity contribution in [1.29, 1.82) is 0 Å². The summed E-state index contributed by atoms with van der Waals surface area (Å²) in [6.07, 6.45) is 0. The first-order valence-corrected chi connectivity index (χ1v) is 7.20. The molecule has 0 radical (unpaired) electrons. The van der Waals surface area contributed by atoms with Crippen molar-refractivity contribution in [3.8, 4) is 22.5 Å². The fraction of sp³-hybridized carbons (Fsp3) is 0. The number of nitrogens with two attached hydrogens (primary N) is 1. The van der Waals surface area contributed by atoms with Crippen molar-refractivity contribution in [1.82, 2.24) is 5.16 Å². The van der Waals surface area contributed by atoms with Gasteiger partial charge in [-0.15, -0.1) is 0 Å². The van der Waals surface area contributed by atoms with Crippen molar-refractivity contribution >= 4 is 33.3 Å². The van der Waals surface area contributed by atoms with Crippen molar-refractivity contribution in [3.63, 3.8) is 0 Å². The Labute approximate surface area is 133 Å². The molecule has 0 aliphatic heterocycles. The van der Waals surface area contributed by atoms with Crippen LogP contribution in [0.2, 0.25) is 5.02 Å². The van der Waals surface area contributed by atoms with Crippen molar-refractivity contribution in [2.24, 2.45) is 0 Å². The van der Waals surface area contributed by atoms with E-state index in [1.165, 1.54) is 18.2 Å². The van der Waals surface area contributed by atoms with Gasteiger partial charge in [0, 0.05) is 9.50 Å². The maximum Gasteiger partial charge on any atom is 0.179 e. The third-order valence-electron chi connectivity index (χ3n) is 3.02. The highest BCUT2D eigenvalue weighted by Crippen LogP contribution is 2.38. The van der Waals surface area contributed by atoms with Crippen LogP contribution in [0, 0.1) is 5.82 Å². The van der Waals surface area contributed by atoms with Crippen molar-refractivity contribution in [2.75, 3.05) is 5.73 Å². The van der Waals surface area contributed by atoms with Crippen LogP contribution in [-0.4, -0.2) is 5.16 Å². The van der Waals surface area contributed by atoms with Crippen molar-refractivity contribution < 1.29 is 8.91 Å². The molecule has 3 nitrogen and oxygen atoms in total. The summed E-state index contributed by atoms with van der Waals surface area (Å²) < 4.78 is 20.2. The lowest BCUT2D eigenvalue weighted by Gasteiger charge is -2.05. The Hall–Kier alpha value is -1.85. The third-order valence-corrected chi connectivity index (χ3v) is 3.79. The highest BCUT2D eigenvalue weighted by atomic mass is 79.9. The minimum absolute atomic E-state index is 0.201. The molecule has 6 heteroatoms. The fourth-order valence-electron chi connectivity index (χ4n) is 2.05. The normalized spacial score (nSPS) is 10.8. The average Bonchev–Trinajstić information content (AvgIpc) is 2.84. The molecule has 2 N–H and O–H groups in total. The molecule has 0 aliphatic rings. The van der Waals surface area contributed by atoms with Crippen LogP contribution in [0.3, 0.4) is 0 Å². The quantitative estimate of drug-likeness (QED) is 0.682. The summed E-state index contributed by atoms with van der Waals surface area (Å²) in [6, 6.07) is 11.7. The first kappa shape index (κ1) is 14.1. The number of benzene rings is 2. The topological polar surface area (TPSA) is 52.0 Å². The highest BCUT2D eigenvalue weighted by Gasteiger charge is 2.20. The summed E-state index contributed by atoms with van der Waals surface area (Å²) in [6.45, 7) is 0. The second kappa shape index (κ2) is 5.50. The lowest BCUT2D eigenvalue weighted by atomic mass is 10.0. The van der Waals surface area contributed by atoms with E-state index in [4.69, 9.17) is 21.9 Å². The molecule has 0 fully saturated rings. The van der Waals surface area contributed by atoms with Gasteiger partial charge >= 0.3 is 0 Å². The molecule has 1 heterocycles. The predicted octanol–water partition coefficient (Wildman–Crippen LogP) is 5.15. The lowest BCUT2D eigenvalue weighted by Crippen LogP contribution is -1.90. The Morgan fingerprint density at radius 3 is 2.57 bits per heavy atom. The van der Waals surface area contributed by atoms with Gasteiger partial charge in [-0.25, -0.2) is 4.39 Å². The van der Waals surface area contributed by atoms with E-state index in [1.807, 2.05) is 24.3 Å². The van der Waals surface area contributed by atoms with Crippen LogP contribution >= 0.6 is 27.5 Å². The van der Waals surface area contributed by atoms with Crippen LogP contribution in [0.4, 0.5) is 10.2 Å². The Balaban J connectivity index is 2.21. The molecule has 0 bridgehead atoms. The van der Waals surface area contributed by atoms with E-state index in [2.05, 4.69) is 21.1 Å². The largest absolute Gasteiger partial charge is 0.380 e. The first-order chi connectivity index (χ1) is 10.1.